The Bertz CT molecular complexity index is 1170. The van der Waals surface area contributed by atoms with Gasteiger partial charge in [-0.1, -0.05) is 53.2 Å². The Morgan fingerprint density at radius 3 is 2.70 bits per heavy atom. The number of hydrogen-bond acceptors (Lipinski definition) is 4. The third-order valence-corrected chi connectivity index (χ3v) is 5.97. The van der Waals surface area contributed by atoms with E-state index >= 15 is 0 Å². The summed E-state index contributed by atoms with van der Waals surface area (Å²) in [5.41, 5.74) is 4.28. The van der Waals surface area contributed by atoms with Gasteiger partial charge in [-0.3, -0.25) is 4.79 Å². The number of aromatic amines is 1. The number of carbonyl (C=O) groups is 1. The molecule has 2 aromatic heterocycles. The molecule has 0 saturated carbocycles. The van der Waals surface area contributed by atoms with Crippen molar-refractivity contribution in [1.82, 2.24) is 20.0 Å². The zero-order chi connectivity index (χ0) is 20.5. The average molecular weight is 400 g/mol. The van der Waals surface area contributed by atoms with Gasteiger partial charge >= 0.3 is 0 Å². The summed E-state index contributed by atoms with van der Waals surface area (Å²) in [5, 5.41) is 5.27. The van der Waals surface area contributed by atoms with Crippen molar-refractivity contribution in [2.45, 2.75) is 32.1 Å². The molecule has 1 amide bonds. The number of benzene rings is 2. The highest BCUT2D eigenvalue weighted by Gasteiger charge is 2.28. The largest absolute Gasteiger partial charge is 0.361 e. The number of H-pyrrole nitrogens is 1. The van der Waals surface area contributed by atoms with E-state index in [9.17, 15) is 4.79 Å². The number of carbonyl (C=O) groups excluding carboxylic acids is 1. The molecule has 6 nitrogen and oxygen atoms in total. The first-order valence-corrected chi connectivity index (χ1v) is 10.4. The third kappa shape index (κ3) is 3.61. The number of para-hydroxylation sites is 1. The van der Waals surface area contributed by atoms with E-state index in [2.05, 4.69) is 28.1 Å². The van der Waals surface area contributed by atoms with Crippen molar-refractivity contribution < 1.29 is 9.32 Å². The molecule has 0 unspecified atom stereocenters. The van der Waals surface area contributed by atoms with Crippen molar-refractivity contribution in [2.75, 3.05) is 13.1 Å². The van der Waals surface area contributed by atoms with Crippen LogP contribution in [-0.2, 0) is 11.2 Å². The van der Waals surface area contributed by atoms with Crippen molar-refractivity contribution in [1.29, 1.82) is 0 Å². The average Bonchev–Trinajstić information content (AvgIpc) is 3.42. The fourth-order valence-electron chi connectivity index (χ4n) is 4.15. The number of hydrogen-bond donors (Lipinski definition) is 1. The normalized spacial score (nSPS) is 15.0. The lowest BCUT2D eigenvalue weighted by Gasteiger charge is -2.30. The molecule has 1 saturated heterocycles. The molecule has 6 heteroatoms. The number of rotatable bonds is 4. The number of likely N-dealkylation sites (tertiary alicyclic amines) is 1. The predicted octanol–water partition coefficient (Wildman–Crippen LogP) is 4.48. The topological polar surface area (TPSA) is 75.0 Å². The van der Waals surface area contributed by atoms with Crippen LogP contribution in [0, 0.1) is 6.92 Å². The summed E-state index contributed by atoms with van der Waals surface area (Å²) < 4.78 is 5.55. The first-order valence-electron chi connectivity index (χ1n) is 10.4. The minimum absolute atomic E-state index is 0.170. The molecule has 0 radical (unpaired) electrons. The van der Waals surface area contributed by atoms with Crippen LogP contribution in [0.15, 0.2) is 59.3 Å². The predicted molar refractivity (Wildman–Crippen MR) is 115 cm³/mol. The number of nitrogens with zero attached hydrogens (tertiary/aromatic N) is 3. The van der Waals surface area contributed by atoms with Gasteiger partial charge in [0.15, 0.2) is 0 Å². The second-order valence-corrected chi connectivity index (χ2v) is 8.01. The lowest BCUT2D eigenvalue weighted by Crippen LogP contribution is -2.38. The number of aromatic nitrogens is 3. The van der Waals surface area contributed by atoms with Gasteiger partial charge in [0.05, 0.1) is 6.42 Å². The summed E-state index contributed by atoms with van der Waals surface area (Å²) >= 11 is 0. The van der Waals surface area contributed by atoms with E-state index in [-0.39, 0.29) is 11.8 Å². The van der Waals surface area contributed by atoms with E-state index < -0.39 is 0 Å². The zero-order valence-corrected chi connectivity index (χ0v) is 17.0. The monoisotopic (exact) mass is 400 g/mol. The summed E-state index contributed by atoms with van der Waals surface area (Å²) in [6.45, 7) is 3.49. The SMILES string of the molecule is Cc1ccc(-c2noc(C3CCN(C(=O)Cc4c[nH]c5ccccc45)CC3)n2)cc1. The van der Waals surface area contributed by atoms with Gasteiger partial charge in [0.25, 0.3) is 0 Å². The smallest absolute Gasteiger partial charge is 0.230 e. The maximum Gasteiger partial charge on any atom is 0.230 e. The maximum absolute atomic E-state index is 12.8. The van der Waals surface area contributed by atoms with Crippen LogP contribution in [0.25, 0.3) is 22.3 Å². The van der Waals surface area contributed by atoms with E-state index in [1.54, 1.807) is 0 Å². The summed E-state index contributed by atoms with van der Waals surface area (Å²) in [7, 11) is 0. The van der Waals surface area contributed by atoms with E-state index in [1.807, 2.05) is 53.6 Å². The van der Waals surface area contributed by atoms with Crippen LogP contribution in [0.3, 0.4) is 0 Å². The van der Waals surface area contributed by atoms with Crippen LogP contribution in [-0.4, -0.2) is 39.0 Å². The molecular formula is C24H24N4O2. The maximum atomic E-state index is 12.8. The molecule has 4 aromatic rings. The molecule has 2 aromatic carbocycles. The number of piperidine rings is 1. The van der Waals surface area contributed by atoms with Gasteiger partial charge in [-0.15, -0.1) is 0 Å². The fraction of sp³-hybridized carbons (Fsp3) is 0.292. The molecule has 0 spiro atoms. The Morgan fingerprint density at radius 2 is 1.90 bits per heavy atom. The molecule has 30 heavy (non-hydrogen) atoms. The first-order chi connectivity index (χ1) is 14.7. The van der Waals surface area contributed by atoms with Crippen LogP contribution >= 0.6 is 0 Å². The Balaban J connectivity index is 1.21. The second kappa shape index (κ2) is 7.78. The molecule has 5 rings (SSSR count). The standard InChI is InChI=1S/C24H24N4O2/c1-16-6-8-17(9-7-16)23-26-24(30-27-23)18-10-12-28(13-11-18)22(29)14-19-15-25-21-5-3-2-4-20(19)21/h2-9,15,18,25H,10-14H2,1H3. The Morgan fingerprint density at radius 1 is 1.13 bits per heavy atom. The fourth-order valence-corrected chi connectivity index (χ4v) is 4.15. The van der Waals surface area contributed by atoms with Gasteiger partial charge in [-0.2, -0.15) is 4.98 Å². The molecule has 152 valence electrons. The molecule has 1 aliphatic rings. The van der Waals surface area contributed by atoms with Crippen LogP contribution in [0.4, 0.5) is 0 Å². The van der Waals surface area contributed by atoms with Gasteiger partial charge < -0.3 is 14.4 Å². The number of fused-ring (bicyclic) bond motifs is 1. The molecule has 1 aliphatic heterocycles. The van der Waals surface area contributed by atoms with E-state index in [1.165, 1.54) is 5.56 Å². The van der Waals surface area contributed by atoms with E-state index in [4.69, 9.17) is 4.52 Å². The first kappa shape index (κ1) is 18.6. The van der Waals surface area contributed by atoms with E-state index in [0.717, 1.165) is 34.9 Å². The Kier molecular flexibility index (Phi) is 4.83. The molecule has 1 fully saturated rings. The minimum atomic E-state index is 0.170. The van der Waals surface area contributed by atoms with E-state index in [0.29, 0.717) is 31.2 Å². The van der Waals surface area contributed by atoms with Gasteiger partial charge in [0, 0.05) is 41.7 Å². The highest BCUT2D eigenvalue weighted by molar-refractivity contribution is 5.88. The highest BCUT2D eigenvalue weighted by Crippen LogP contribution is 2.29. The van der Waals surface area contributed by atoms with Crippen molar-refractivity contribution in [3.8, 4) is 11.4 Å². The van der Waals surface area contributed by atoms with Crippen LogP contribution < -0.4 is 0 Å². The van der Waals surface area contributed by atoms with Gasteiger partial charge in [-0.05, 0) is 31.4 Å². The van der Waals surface area contributed by atoms with Crippen LogP contribution in [0.1, 0.15) is 35.8 Å². The third-order valence-electron chi connectivity index (χ3n) is 5.97. The van der Waals surface area contributed by atoms with Gasteiger partial charge in [0.1, 0.15) is 0 Å². The highest BCUT2D eigenvalue weighted by atomic mass is 16.5. The van der Waals surface area contributed by atoms with Crippen molar-refractivity contribution in [3.05, 3.63) is 71.7 Å². The molecule has 0 aliphatic carbocycles. The van der Waals surface area contributed by atoms with Gasteiger partial charge in [-0.25, -0.2) is 0 Å². The van der Waals surface area contributed by atoms with Crippen LogP contribution in [0.2, 0.25) is 0 Å². The minimum Gasteiger partial charge on any atom is -0.361 e. The number of aryl methyl sites for hydroxylation is 1. The van der Waals surface area contributed by atoms with Crippen LogP contribution in [0.5, 0.6) is 0 Å². The van der Waals surface area contributed by atoms with Gasteiger partial charge in [0.2, 0.25) is 17.6 Å². The summed E-state index contributed by atoms with van der Waals surface area (Å²) in [5.74, 6) is 1.68. The summed E-state index contributed by atoms with van der Waals surface area (Å²) in [6.07, 6.45) is 4.05. The Hall–Kier alpha value is -3.41. The summed E-state index contributed by atoms with van der Waals surface area (Å²) in [4.78, 5) is 22.6. The zero-order valence-electron chi connectivity index (χ0n) is 17.0. The molecular weight excluding hydrogens is 376 g/mol. The van der Waals surface area contributed by atoms with Crippen molar-refractivity contribution in [2.24, 2.45) is 0 Å². The van der Waals surface area contributed by atoms with Crippen molar-refractivity contribution in [3.63, 3.8) is 0 Å². The molecule has 0 bridgehead atoms. The quantitative estimate of drug-likeness (QED) is 0.548. The summed E-state index contributed by atoms with van der Waals surface area (Å²) in [6, 6.07) is 16.2. The lowest BCUT2D eigenvalue weighted by atomic mass is 9.96. The Labute approximate surface area is 174 Å². The molecule has 3 heterocycles. The lowest BCUT2D eigenvalue weighted by molar-refractivity contribution is -0.131. The molecule has 1 N–H and O–H groups in total. The number of amides is 1. The van der Waals surface area contributed by atoms with Crippen molar-refractivity contribution >= 4 is 16.8 Å². The number of nitrogens with one attached hydrogen (secondary N) is 1. The second-order valence-electron chi connectivity index (χ2n) is 8.01. The molecule has 0 atom stereocenters.